The van der Waals surface area contributed by atoms with Crippen LogP contribution < -0.4 is 19.7 Å². The number of benzene rings is 2. The Labute approximate surface area is 284 Å². The van der Waals surface area contributed by atoms with Crippen molar-refractivity contribution in [1.29, 1.82) is 0 Å². The van der Waals surface area contributed by atoms with Crippen LogP contribution in [0.3, 0.4) is 0 Å². The predicted octanol–water partition coefficient (Wildman–Crippen LogP) is 6.21. The Morgan fingerprint density at radius 3 is 2.51 bits per heavy atom. The summed E-state index contributed by atoms with van der Waals surface area (Å²) >= 11 is 6.37. The van der Waals surface area contributed by atoms with Crippen LogP contribution in [0.15, 0.2) is 48.6 Å². The van der Waals surface area contributed by atoms with E-state index in [0.717, 1.165) is 42.8 Å². The number of amides is 1. The molecule has 2 bridgehead atoms. The summed E-state index contributed by atoms with van der Waals surface area (Å²) in [5.41, 5.74) is 3.22. The van der Waals surface area contributed by atoms with Crippen LogP contribution in [-0.4, -0.2) is 58.1 Å². The fourth-order valence-corrected chi connectivity index (χ4v) is 9.28. The van der Waals surface area contributed by atoms with Crippen LogP contribution in [0, 0.1) is 17.8 Å². The van der Waals surface area contributed by atoms with Gasteiger partial charge in [0, 0.05) is 35.0 Å². The van der Waals surface area contributed by atoms with Crippen LogP contribution in [0.4, 0.5) is 5.69 Å². The molecular formula is C37H48ClN3O5S. The summed E-state index contributed by atoms with van der Waals surface area (Å²) in [6.45, 7) is 7.73. The average molecular weight is 682 g/mol. The fraction of sp³-hybridized carbons (Fsp3) is 0.568. The number of nitrogens with one attached hydrogen (secondary N) is 2. The second-order valence-corrected chi connectivity index (χ2v) is 16.7. The summed E-state index contributed by atoms with van der Waals surface area (Å²) in [5.74, 6) is -0.0319. The van der Waals surface area contributed by atoms with Gasteiger partial charge in [0.15, 0.2) is 5.78 Å². The van der Waals surface area contributed by atoms with Crippen LogP contribution in [0.1, 0.15) is 86.7 Å². The van der Waals surface area contributed by atoms with E-state index in [1.165, 1.54) is 43.5 Å². The molecule has 254 valence electrons. The van der Waals surface area contributed by atoms with Gasteiger partial charge in [-0.15, -0.1) is 0 Å². The Hall–Kier alpha value is -2.88. The van der Waals surface area contributed by atoms with Crippen molar-refractivity contribution in [2.24, 2.45) is 17.8 Å². The van der Waals surface area contributed by atoms with Crippen LogP contribution in [-0.2, 0) is 26.7 Å². The van der Waals surface area contributed by atoms with E-state index in [4.69, 9.17) is 16.3 Å². The number of rotatable bonds is 0. The summed E-state index contributed by atoms with van der Waals surface area (Å²) in [5, 5.41) is 3.20. The number of piperidine rings is 1. The van der Waals surface area contributed by atoms with Gasteiger partial charge in [0.25, 0.3) is 5.91 Å². The van der Waals surface area contributed by atoms with Gasteiger partial charge in [-0.3, -0.25) is 9.59 Å². The SMILES string of the molecule is C1CCNCC1.C[C@@H]1[C@@H](C)C/C=C/C(=O)[C@@H]2CC[C@H]2CN2C[C@@]3(CCCc4cc(Cl)ccc43)COc3ccc(cc32)C(=O)NS1(=O)=O. The molecule has 0 aromatic heterocycles. The van der Waals surface area contributed by atoms with E-state index in [2.05, 4.69) is 27.1 Å². The molecule has 7 rings (SSSR count). The second kappa shape index (κ2) is 14.3. The summed E-state index contributed by atoms with van der Waals surface area (Å²) in [7, 11) is -3.93. The maximum absolute atomic E-state index is 13.3. The Morgan fingerprint density at radius 2 is 1.81 bits per heavy atom. The van der Waals surface area contributed by atoms with Crippen molar-refractivity contribution in [1.82, 2.24) is 10.0 Å². The van der Waals surface area contributed by atoms with Gasteiger partial charge in [0.05, 0.1) is 17.5 Å². The number of carbonyl (C=O) groups is 2. The zero-order valence-corrected chi connectivity index (χ0v) is 29.2. The van der Waals surface area contributed by atoms with Gasteiger partial charge >= 0.3 is 0 Å². The van der Waals surface area contributed by atoms with Crippen molar-refractivity contribution in [2.45, 2.75) is 82.3 Å². The number of sulfonamides is 1. The van der Waals surface area contributed by atoms with E-state index < -0.39 is 21.2 Å². The first-order valence-corrected chi connectivity index (χ1v) is 19.3. The number of nitrogens with zero attached hydrogens (tertiary/aromatic N) is 1. The zero-order chi connectivity index (χ0) is 33.2. The predicted molar refractivity (Wildman–Crippen MR) is 187 cm³/mol. The molecule has 10 heteroatoms. The molecule has 0 radical (unpaired) electrons. The minimum Gasteiger partial charge on any atom is -0.490 e. The minimum absolute atomic E-state index is 0.0666. The van der Waals surface area contributed by atoms with Crippen LogP contribution in [0.5, 0.6) is 5.75 Å². The van der Waals surface area contributed by atoms with Gasteiger partial charge in [0.1, 0.15) is 5.75 Å². The fourth-order valence-electron chi connectivity index (χ4n) is 7.80. The number of aryl methyl sites for hydroxylation is 1. The third-order valence-electron chi connectivity index (χ3n) is 11.1. The highest BCUT2D eigenvalue weighted by molar-refractivity contribution is 7.90. The van der Waals surface area contributed by atoms with Gasteiger partial charge < -0.3 is 15.0 Å². The third kappa shape index (κ3) is 7.42. The summed E-state index contributed by atoms with van der Waals surface area (Å²) in [6, 6.07) is 11.3. The number of fused-ring (bicyclic) bond motifs is 4. The Kier molecular flexibility index (Phi) is 10.4. The molecule has 2 aromatic carbocycles. The van der Waals surface area contributed by atoms with Crippen LogP contribution in [0.25, 0.3) is 0 Å². The standard InChI is InChI=1S/C32H37ClN2O5S.C5H11N/c1-20-5-3-7-29(36)26-11-8-24(26)17-35-18-32(14-4-6-22-15-25(33)10-12-27(22)32)19-40-30-13-9-23(16-28(30)35)31(37)34-41(38,39)21(20)2;1-2-4-6-5-3-1/h3,7,9-10,12-13,15-16,20-21,24,26H,4-6,8,11,14,17-19H2,1-2H3,(H,34,37);6H,1-5H2/b7-3+;/t20-,21+,24-,26+,32-;/m0./s1. The van der Waals surface area contributed by atoms with Crippen LogP contribution in [0.2, 0.25) is 5.02 Å². The molecular weight excluding hydrogens is 634 g/mol. The largest absolute Gasteiger partial charge is 0.490 e. The van der Waals surface area contributed by atoms with Crippen molar-refractivity contribution in [3.05, 3.63) is 70.3 Å². The number of anilines is 1. The lowest BCUT2D eigenvalue weighted by molar-refractivity contribution is -0.122. The Balaban J connectivity index is 0.000000580. The Morgan fingerprint density at radius 1 is 1.00 bits per heavy atom. The average Bonchev–Trinajstić information content (AvgIpc) is 3.20. The summed E-state index contributed by atoms with van der Waals surface area (Å²) in [4.78, 5) is 28.8. The molecule has 3 heterocycles. The van der Waals surface area contributed by atoms with Gasteiger partial charge in [-0.1, -0.05) is 37.1 Å². The lowest BCUT2D eigenvalue weighted by Crippen LogP contribution is -2.49. The van der Waals surface area contributed by atoms with E-state index in [9.17, 15) is 18.0 Å². The molecule has 47 heavy (non-hydrogen) atoms. The number of hydrogen-bond donors (Lipinski definition) is 2. The zero-order valence-electron chi connectivity index (χ0n) is 27.6. The number of ketones is 1. The van der Waals surface area contributed by atoms with Gasteiger partial charge in [-0.05, 0) is 131 Å². The number of halogens is 1. The number of ether oxygens (including phenoxy) is 1. The molecule has 1 spiro atoms. The summed E-state index contributed by atoms with van der Waals surface area (Å²) < 4.78 is 35.0. The first-order chi connectivity index (χ1) is 22.6. The molecule has 2 aromatic rings. The molecule has 1 saturated heterocycles. The minimum atomic E-state index is -3.93. The van der Waals surface area contributed by atoms with E-state index in [1.807, 2.05) is 13.0 Å². The molecule has 2 N–H and O–H groups in total. The number of hydrogen-bond acceptors (Lipinski definition) is 7. The smallest absolute Gasteiger partial charge is 0.264 e. The second-order valence-electron chi connectivity index (χ2n) is 14.2. The maximum Gasteiger partial charge on any atom is 0.264 e. The van der Waals surface area contributed by atoms with Crippen LogP contribution >= 0.6 is 11.6 Å². The van der Waals surface area contributed by atoms with E-state index in [-0.39, 0.29) is 34.5 Å². The van der Waals surface area contributed by atoms with Crippen molar-refractivity contribution < 1.29 is 22.7 Å². The molecule has 5 aliphatic rings. The quantitative estimate of drug-likeness (QED) is 0.341. The van der Waals surface area contributed by atoms with E-state index in [1.54, 1.807) is 37.3 Å². The van der Waals surface area contributed by atoms with Gasteiger partial charge in [0.2, 0.25) is 10.0 Å². The first-order valence-electron chi connectivity index (χ1n) is 17.3. The lowest BCUT2D eigenvalue weighted by atomic mass is 9.68. The van der Waals surface area contributed by atoms with Crippen molar-refractivity contribution >= 4 is 39.0 Å². The molecule has 3 aliphatic heterocycles. The Bertz CT molecular complexity index is 1610. The van der Waals surface area contributed by atoms with E-state index in [0.29, 0.717) is 31.9 Å². The highest BCUT2D eigenvalue weighted by atomic mass is 35.5. The normalized spacial score (nSPS) is 31.0. The van der Waals surface area contributed by atoms with Crippen molar-refractivity contribution in [3.8, 4) is 5.75 Å². The summed E-state index contributed by atoms with van der Waals surface area (Å²) in [6.07, 6.45) is 12.8. The molecule has 5 atom stereocenters. The number of carbonyl (C=O) groups excluding carboxylic acids is 2. The van der Waals surface area contributed by atoms with Gasteiger partial charge in [-0.25, -0.2) is 13.1 Å². The molecule has 1 saturated carbocycles. The highest BCUT2D eigenvalue weighted by Crippen LogP contribution is 2.46. The van der Waals surface area contributed by atoms with Crippen molar-refractivity contribution in [2.75, 3.05) is 37.7 Å². The molecule has 0 unspecified atom stereocenters. The molecule has 8 nitrogen and oxygen atoms in total. The molecule has 2 aliphatic carbocycles. The number of allylic oxidation sites excluding steroid dienone is 2. The van der Waals surface area contributed by atoms with Crippen molar-refractivity contribution in [3.63, 3.8) is 0 Å². The maximum atomic E-state index is 13.3. The monoisotopic (exact) mass is 681 g/mol. The molecule has 2 fully saturated rings. The van der Waals surface area contributed by atoms with E-state index >= 15 is 0 Å². The first kappa shape index (κ1) is 34.0. The highest BCUT2D eigenvalue weighted by Gasteiger charge is 2.44. The lowest BCUT2D eigenvalue weighted by Gasteiger charge is -2.44. The topological polar surface area (TPSA) is 105 Å². The third-order valence-corrected chi connectivity index (χ3v) is 13.2. The van der Waals surface area contributed by atoms with Gasteiger partial charge in [-0.2, -0.15) is 0 Å². The molecule has 1 amide bonds.